The van der Waals surface area contributed by atoms with Crippen LogP contribution in [0.2, 0.25) is 0 Å². The van der Waals surface area contributed by atoms with Crippen LogP contribution in [0, 0.1) is 0 Å². The molecule has 10 heteroatoms. The molecule has 0 fully saturated rings. The highest BCUT2D eigenvalue weighted by Crippen LogP contribution is 2.38. The molecule has 0 saturated carbocycles. The Bertz CT molecular complexity index is 1210. The van der Waals surface area contributed by atoms with Crippen molar-refractivity contribution in [2.75, 3.05) is 12.4 Å². The molecule has 0 radical (unpaired) electrons. The Hall–Kier alpha value is -2.43. The maximum Gasteiger partial charge on any atom is 0.333 e. The molecule has 2 aromatic carbocycles. The van der Waals surface area contributed by atoms with Gasteiger partial charge in [-0.3, -0.25) is 0 Å². The monoisotopic (exact) mass is 449 g/mol. The zero-order chi connectivity index (χ0) is 21.5. The topological polar surface area (TPSA) is 121 Å². The third kappa shape index (κ3) is 3.82. The Kier molecular flexibility index (Phi) is 5.33. The molecule has 2 aromatic rings. The lowest BCUT2D eigenvalue weighted by molar-refractivity contribution is 0.256. The Morgan fingerprint density at radius 3 is 1.97 bits per heavy atom. The zero-order valence-corrected chi connectivity index (χ0v) is 18.1. The summed E-state index contributed by atoms with van der Waals surface area (Å²) in [6.07, 6.45) is 5.66. The van der Waals surface area contributed by atoms with Gasteiger partial charge in [0.25, 0.3) is 10.0 Å². The minimum Gasteiger partial charge on any atom is -0.307 e. The minimum atomic E-state index is -4.25. The van der Waals surface area contributed by atoms with Crippen molar-refractivity contribution in [3.63, 3.8) is 0 Å². The molecule has 3 N–H and O–H groups in total. The van der Waals surface area contributed by atoms with Gasteiger partial charge in [0.15, 0.2) is 0 Å². The van der Waals surface area contributed by atoms with Crippen LogP contribution in [-0.4, -0.2) is 29.9 Å². The van der Waals surface area contributed by atoms with Gasteiger partial charge >= 0.3 is 6.03 Å². The first-order chi connectivity index (χ1) is 14.2. The van der Waals surface area contributed by atoms with Crippen LogP contribution in [0.25, 0.3) is 0 Å². The second kappa shape index (κ2) is 7.68. The van der Waals surface area contributed by atoms with Crippen LogP contribution in [-0.2, 0) is 45.7 Å². The maximum absolute atomic E-state index is 12.7. The van der Waals surface area contributed by atoms with Gasteiger partial charge in [-0.2, -0.15) is 0 Å². The van der Waals surface area contributed by atoms with E-state index in [0.717, 1.165) is 61.4 Å². The summed E-state index contributed by atoms with van der Waals surface area (Å²) in [7, 11) is -6.83. The number of nitrogens with one attached hydrogen (secondary N) is 3. The molecule has 30 heavy (non-hydrogen) atoms. The van der Waals surface area contributed by atoms with Crippen LogP contribution in [0.1, 0.15) is 35.1 Å². The smallest absolute Gasteiger partial charge is 0.307 e. The highest BCUT2D eigenvalue weighted by molar-refractivity contribution is 7.90. The Balaban J connectivity index is 1.59. The normalized spacial score (nSPS) is 15.5. The summed E-state index contributed by atoms with van der Waals surface area (Å²) < 4.78 is 53.4. The van der Waals surface area contributed by atoms with E-state index in [1.54, 1.807) is 0 Å². The van der Waals surface area contributed by atoms with Crippen LogP contribution in [0.5, 0.6) is 0 Å². The zero-order valence-electron chi connectivity index (χ0n) is 16.5. The van der Waals surface area contributed by atoms with Crippen LogP contribution in [0.3, 0.4) is 0 Å². The molecule has 0 saturated heterocycles. The molecule has 4 rings (SSSR count). The average molecular weight is 450 g/mol. The van der Waals surface area contributed by atoms with Crippen molar-refractivity contribution in [2.45, 2.75) is 48.3 Å². The summed E-state index contributed by atoms with van der Waals surface area (Å²) in [6.45, 7) is 0. The molecular weight excluding hydrogens is 426 g/mol. The summed E-state index contributed by atoms with van der Waals surface area (Å²) in [4.78, 5) is 12.1. The molecule has 8 nitrogen and oxygen atoms in total. The standard InChI is InChI=1S/C20H23N3O5S2/c1-21-29(25,26)15-7-4-8-16(12-15)30(27,28)23-20(24)22-19-17-9-2-5-13(17)11-14-6-3-10-18(14)19/h4,7-8,11-12,21H,2-3,5-6,9-10H2,1H3,(H2,22,23,24). The number of aryl methyl sites for hydroxylation is 2. The molecule has 0 unspecified atom stereocenters. The summed E-state index contributed by atoms with van der Waals surface area (Å²) in [5.41, 5.74) is 5.35. The number of urea groups is 1. The van der Waals surface area contributed by atoms with Gasteiger partial charge in [-0.15, -0.1) is 0 Å². The molecule has 160 valence electrons. The van der Waals surface area contributed by atoms with Gasteiger partial charge in [0.2, 0.25) is 10.0 Å². The second-order valence-electron chi connectivity index (χ2n) is 7.48. The first-order valence-electron chi connectivity index (χ1n) is 9.75. The minimum absolute atomic E-state index is 0.202. The second-order valence-corrected chi connectivity index (χ2v) is 11.0. The van der Waals surface area contributed by atoms with Crippen molar-refractivity contribution in [1.29, 1.82) is 0 Å². The predicted octanol–water partition coefficient (Wildman–Crippen LogP) is 2.08. The van der Waals surface area contributed by atoms with Crippen molar-refractivity contribution < 1.29 is 21.6 Å². The molecule has 0 bridgehead atoms. The molecule has 2 aliphatic carbocycles. The van der Waals surface area contributed by atoms with Crippen molar-refractivity contribution in [2.24, 2.45) is 0 Å². The van der Waals surface area contributed by atoms with E-state index in [4.69, 9.17) is 0 Å². The van der Waals surface area contributed by atoms with Gasteiger partial charge in [0, 0.05) is 5.69 Å². The van der Waals surface area contributed by atoms with E-state index in [1.165, 1.54) is 36.4 Å². The number of anilines is 1. The fourth-order valence-electron chi connectivity index (χ4n) is 4.21. The predicted molar refractivity (Wildman–Crippen MR) is 113 cm³/mol. The summed E-state index contributed by atoms with van der Waals surface area (Å²) in [5.74, 6) is 0. The lowest BCUT2D eigenvalue weighted by Crippen LogP contribution is -2.35. The quantitative estimate of drug-likeness (QED) is 0.645. The Labute approximate surface area is 176 Å². The molecule has 0 heterocycles. The Morgan fingerprint density at radius 1 is 0.833 bits per heavy atom. The van der Waals surface area contributed by atoms with Gasteiger partial charge in [-0.1, -0.05) is 12.1 Å². The number of rotatable bonds is 5. The summed E-state index contributed by atoms with van der Waals surface area (Å²) in [5, 5.41) is 2.76. The molecule has 0 aliphatic heterocycles. The SMILES string of the molecule is CNS(=O)(=O)c1cccc(S(=O)(=O)NC(=O)Nc2c3c(cc4c2CCC4)CCC3)c1. The highest BCUT2D eigenvalue weighted by atomic mass is 32.2. The first-order valence-corrected chi connectivity index (χ1v) is 12.7. The van der Waals surface area contributed by atoms with Crippen molar-refractivity contribution in [3.05, 3.63) is 52.6 Å². The van der Waals surface area contributed by atoms with Crippen LogP contribution in [0.4, 0.5) is 10.5 Å². The molecule has 0 aromatic heterocycles. The largest absolute Gasteiger partial charge is 0.333 e. The number of fused-ring (bicyclic) bond motifs is 2. The van der Waals surface area contributed by atoms with E-state index in [2.05, 4.69) is 16.1 Å². The van der Waals surface area contributed by atoms with Crippen molar-refractivity contribution in [3.8, 4) is 0 Å². The fraction of sp³-hybridized carbons (Fsp3) is 0.350. The van der Waals surface area contributed by atoms with Crippen molar-refractivity contribution >= 4 is 31.8 Å². The van der Waals surface area contributed by atoms with Crippen molar-refractivity contribution in [1.82, 2.24) is 9.44 Å². The van der Waals surface area contributed by atoms with E-state index >= 15 is 0 Å². The number of carbonyl (C=O) groups is 1. The number of hydrogen-bond donors (Lipinski definition) is 3. The molecular formula is C20H23N3O5S2. The van der Waals surface area contributed by atoms with Gasteiger partial charge in [0.05, 0.1) is 9.79 Å². The fourth-order valence-corrected chi connectivity index (χ4v) is 6.02. The van der Waals surface area contributed by atoms with E-state index in [1.807, 2.05) is 4.72 Å². The third-order valence-corrected chi connectivity index (χ3v) is 8.37. The summed E-state index contributed by atoms with van der Waals surface area (Å²) in [6, 6.07) is 6.21. The van der Waals surface area contributed by atoms with E-state index in [-0.39, 0.29) is 9.79 Å². The van der Waals surface area contributed by atoms with Crippen LogP contribution < -0.4 is 14.8 Å². The van der Waals surface area contributed by atoms with E-state index in [0.29, 0.717) is 0 Å². The number of benzene rings is 2. The van der Waals surface area contributed by atoms with Gasteiger partial charge < -0.3 is 5.32 Å². The number of sulfonamides is 2. The van der Waals surface area contributed by atoms with E-state index in [9.17, 15) is 21.6 Å². The molecule has 0 atom stereocenters. The van der Waals surface area contributed by atoms with Gasteiger partial charge in [-0.25, -0.2) is 31.1 Å². The number of carbonyl (C=O) groups excluding carboxylic acids is 1. The third-order valence-electron chi connectivity index (χ3n) is 5.63. The Morgan fingerprint density at radius 2 is 1.40 bits per heavy atom. The number of hydrogen-bond acceptors (Lipinski definition) is 5. The molecule has 0 spiro atoms. The van der Waals surface area contributed by atoms with E-state index < -0.39 is 26.1 Å². The van der Waals surface area contributed by atoms with Gasteiger partial charge in [-0.05, 0) is 86.0 Å². The van der Waals surface area contributed by atoms with Crippen LogP contribution in [0.15, 0.2) is 40.1 Å². The summed E-state index contributed by atoms with van der Waals surface area (Å²) >= 11 is 0. The first kappa shape index (κ1) is 20.8. The maximum atomic E-state index is 12.7. The van der Waals surface area contributed by atoms with Crippen LogP contribution >= 0.6 is 0 Å². The average Bonchev–Trinajstić information content (AvgIpc) is 3.36. The molecule has 2 amide bonds. The lowest BCUT2D eigenvalue weighted by Gasteiger charge is -2.16. The molecule has 2 aliphatic rings. The lowest BCUT2D eigenvalue weighted by atomic mass is 9.99. The number of amides is 2. The highest BCUT2D eigenvalue weighted by Gasteiger charge is 2.26. The van der Waals surface area contributed by atoms with Gasteiger partial charge in [0.1, 0.15) is 0 Å².